The number of methoxy groups -OCH3 is 2. The summed E-state index contributed by atoms with van der Waals surface area (Å²) in [5.74, 6) is 0.235. The Hall–Kier alpha value is -1.14. The minimum Gasteiger partial charge on any atom is -0.465 e. The predicted octanol–water partition coefficient (Wildman–Crippen LogP) is 1.79. The van der Waals surface area contributed by atoms with Crippen LogP contribution in [0, 0.1) is 5.92 Å². The summed E-state index contributed by atoms with van der Waals surface area (Å²) in [6.07, 6.45) is 2.88. The van der Waals surface area contributed by atoms with Crippen LogP contribution in [0.4, 0.5) is 5.13 Å². The monoisotopic (exact) mass is 270 g/mol. The minimum absolute atomic E-state index is 0.226. The Labute approximate surface area is 111 Å². The van der Waals surface area contributed by atoms with E-state index in [0.29, 0.717) is 10.8 Å². The summed E-state index contributed by atoms with van der Waals surface area (Å²) < 4.78 is 10.2. The van der Waals surface area contributed by atoms with Gasteiger partial charge in [-0.25, -0.2) is 9.78 Å². The number of esters is 1. The topological polar surface area (TPSA) is 51.7 Å². The fraction of sp³-hybridized carbons (Fsp3) is 0.667. The summed E-state index contributed by atoms with van der Waals surface area (Å²) in [5, 5.41) is 0.865. The number of hydrogen-bond donors (Lipinski definition) is 0. The first-order chi connectivity index (χ1) is 8.65. The highest BCUT2D eigenvalue weighted by Gasteiger charge is 2.27. The zero-order valence-electron chi connectivity index (χ0n) is 10.9. The molecule has 2 rings (SSSR count). The van der Waals surface area contributed by atoms with Crippen molar-refractivity contribution in [3.8, 4) is 0 Å². The molecule has 1 fully saturated rings. The SMILES string of the molecule is COC(=O)c1cnc(N2CCC(C)C(OC)C2)s1. The van der Waals surface area contributed by atoms with Crippen LogP contribution in [0.15, 0.2) is 6.20 Å². The van der Waals surface area contributed by atoms with Gasteiger partial charge in [0.2, 0.25) is 0 Å². The lowest BCUT2D eigenvalue weighted by Crippen LogP contribution is -2.43. The van der Waals surface area contributed by atoms with Crippen molar-refractivity contribution < 1.29 is 14.3 Å². The number of hydrogen-bond acceptors (Lipinski definition) is 6. The van der Waals surface area contributed by atoms with Crippen LogP contribution in [-0.2, 0) is 9.47 Å². The molecule has 0 radical (unpaired) electrons. The Balaban J connectivity index is 2.07. The van der Waals surface area contributed by atoms with E-state index in [0.717, 1.165) is 24.6 Å². The highest BCUT2D eigenvalue weighted by atomic mass is 32.1. The van der Waals surface area contributed by atoms with Gasteiger partial charge in [0, 0.05) is 20.2 Å². The molecular weight excluding hydrogens is 252 g/mol. The highest BCUT2D eigenvalue weighted by Crippen LogP contribution is 2.28. The highest BCUT2D eigenvalue weighted by molar-refractivity contribution is 7.17. The van der Waals surface area contributed by atoms with E-state index in [9.17, 15) is 4.79 Å². The molecule has 1 aromatic heterocycles. The van der Waals surface area contributed by atoms with Crippen LogP contribution in [0.25, 0.3) is 0 Å². The molecule has 2 atom stereocenters. The maximum atomic E-state index is 11.4. The number of rotatable bonds is 3. The number of carbonyl (C=O) groups is 1. The molecule has 0 aromatic carbocycles. The number of ether oxygens (including phenoxy) is 2. The minimum atomic E-state index is -0.326. The molecule has 0 saturated carbocycles. The fourth-order valence-corrected chi connectivity index (χ4v) is 2.99. The lowest BCUT2D eigenvalue weighted by Gasteiger charge is -2.35. The lowest BCUT2D eigenvalue weighted by atomic mass is 9.96. The fourth-order valence-electron chi connectivity index (χ4n) is 2.12. The second-order valence-corrected chi connectivity index (χ2v) is 5.49. The van der Waals surface area contributed by atoms with E-state index in [1.54, 1.807) is 13.3 Å². The number of anilines is 1. The van der Waals surface area contributed by atoms with Crippen LogP contribution in [0.3, 0.4) is 0 Å². The second kappa shape index (κ2) is 5.67. The quantitative estimate of drug-likeness (QED) is 0.784. The first kappa shape index (κ1) is 13.3. The summed E-state index contributed by atoms with van der Waals surface area (Å²) >= 11 is 1.37. The number of thiazole rings is 1. The largest absolute Gasteiger partial charge is 0.465 e. The Morgan fingerprint density at radius 3 is 3.00 bits per heavy atom. The summed E-state index contributed by atoms with van der Waals surface area (Å²) in [4.78, 5) is 18.4. The zero-order chi connectivity index (χ0) is 13.1. The second-order valence-electron chi connectivity index (χ2n) is 4.48. The van der Waals surface area contributed by atoms with Gasteiger partial charge >= 0.3 is 5.97 Å². The van der Waals surface area contributed by atoms with Gasteiger partial charge < -0.3 is 14.4 Å². The molecule has 1 aromatic rings. The van der Waals surface area contributed by atoms with Gasteiger partial charge in [0.25, 0.3) is 0 Å². The molecule has 0 aliphatic carbocycles. The predicted molar refractivity (Wildman–Crippen MR) is 70.2 cm³/mol. The summed E-state index contributed by atoms with van der Waals surface area (Å²) in [5.41, 5.74) is 0. The van der Waals surface area contributed by atoms with Crippen LogP contribution < -0.4 is 4.90 Å². The van der Waals surface area contributed by atoms with Crippen molar-refractivity contribution in [3.63, 3.8) is 0 Å². The van der Waals surface area contributed by atoms with Crippen LogP contribution in [-0.4, -0.2) is 44.4 Å². The number of aromatic nitrogens is 1. The lowest BCUT2D eigenvalue weighted by molar-refractivity contribution is 0.0498. The molecule has 0 spiro atoms. The molecule has 1 aliphatic rings. The maximum Gasteiger partial charge on any atom is 0.349 e. The van der Waals surface area contributed by atoms with E-state index in [1.165, 1.54) is 18.4 Å². The average molecular weight is 270 g/mol. The van der Waals surface area contributed by atoms with E-state index in [2.05, 4.69) is 21.5 Å². The van der Waals surface area contributed by atoms with Gasteiger partial charge in [0.05, 0.1) is 19.4 Å². The van der Waals surface area contributed by atoms with Crippen LogP contribution >= 0.6 is 11.3 Å². The molecule has 1 aliphatic heterocycles. The average Bonchev–Trinajstić information content (AvgIpc) is 2.88. The molecular formula is C12H18N2O3S. The molecule has 0 N–H and O–H groups in total. The van der Waals surface area contributed by atoms with E-state index in [1.807, 2.05) is 0 Å². The Kier molecular flexibility index (Phi) is 4.19. The third kappa shape index (κ3) is 2.64. The van der Waals surface area contributed by atoms with Crippen molar-refractivity contribution >= 4 is 22.4 Å². The number of carbonyl (C=O) groups excluding carboxylic acids is 1. The molecule has 2 heterocycles. The van der Waals surface area contributed by atoms with E-state index < -0.39 is 0 Å². The van der Waals surface area contributed by atoms with E-state index >= 15 is 0 Å². The van der Waals surface area contributed by atoms with Crippen molar-refractivity contribution in [2.75, 3.05) is 32.2 Å². The normalized spacial score (nSPS) is 24.1. The van der Waals surface area contributed by atoms with Crippen molar-refractivity contribution in [1.82, 2.24) is 4.98 Å². The standard InChI is InChI=1S/C12H18N2O3S/c1-8-4-5-14(7-9(8)16-2)12-13-6-10(18-12)11(15)17-3/h6,8-9H,4-5,7H2,1-3H3. The molecule has 0 bridgehead atoms. The van der Waals surface area contributed by atoms with Gasteiger partial charge in [-0.1, -0.05) is 18.3 Å². The molecule has 18 heavy (non-hydrogen) atoms. The van der Waals surface area contributed by atoms with Crippen LogP contribution in [0.1, 0.15) is 23.0 Å². The summed E-state index contributed by atoms with van der Waals surface area (Å²) in [6, 6.07) is 0. The Bertz CT molecular complexity index is 421. The Morgan fingerprint density at radius 2 is 2.33 bits per heavy atom. The van der Waals surface area contributed by atoms with Gasteiger partial charge in [0.15, 0.2) is 5.13 Å². The zero-order valence-corrected chi connectivity index (χ0v) is 11.7. The van der Waals surface area contributed by atoms with E-state index in [-0.39, 0.29) is 12.1 Å². The third-order valence-corrected chi connectivity index (χ3v) is 4.38. The Morgan fingerprint density at radius 1 is 1.56 bits per heavy atom. The van der Waals surface area contributed by atoms with Gasteiger partial charge in [-0.05, 0) is 12.3 Å². The molecule has 6 heteroatoms. The van der Waals surface area contributed by atoms with Crippen molar-refractivity contribution in [2.45, 2.75) is 19.4 Å². The van der Waals surface area contributed by atoms with Gasteiger partial charge in [0.1, 0.15) is 4.88 Å². The van der Waals surface area contributed by atoms with Gasteiger partial charge in [-0.3, -0.25) is 0 Å². The summed E-state index contributed by atoms with van der Waals surface area (Å²) in [6.45, 7) is 3.98. The van der Waals surface area contributed by atoms with Gasteiger partial charge in [-0.2, -0.15) is 0 Å². The van der Waals surface area contributed by atoms with Crippen molar-refractivity contribution in [1.29, 1.82) is 0 Å². The first-order valence-electron chi connectivity index (χ1n) is 5.97. The third-order valence-electron chi connectivity index (χ3n) is 3.34. The van der Waals surface area contributed by atoms with Crippen LogP contribution in [0.5, 0.6) is 0 Å². The van der Waals surface area contributed by atoms with Gasteiger partial charge in [-0.15, -0.1) is 0 Å². The molecule has 5 nitrogen and oxygen atoms in total. The van der Waals surface area contributed by atoms with Crippen molar-refractivity contribution in [3.05, 3.63) is 11.1 Å². The smallest absolute Gasteiger partial charge is 0.349 e. The van der Waals surface area contributed by atoms with Crippen LogP contribution in [0.2, 0.25) is 0 Å². The molecule has 1 saturated heterocycles. The number of piperidine rings is 1. The first-order valence-corrected chi connectivity index (χ1v) is 6.79. The molecule has 100 valence electrons. The van der Waals surface area contributed by atoms with Crippen molar-refractivity contribution in [2.24, 2.45) is 5.92 Å². The molecule has 2 unspecified atom stereocenters. The maximum absolute atomic E-state index is 11.4. The number of nitrogens with zero attached hydrogens (tertiary/aromatic N) is 2. The molecule has 0 amide bonds. The summed E-state index contributed by atoms with van der Waals surface area (Å²) in [7, 11) is 3.12. The van der Waals surface area contributed by atoms with E-state index in [4.69, 9.17) is 4.74 Å².